The molecule has 0 aliphatic heterocycles. The topological polar surface area (TPSA) is 21.3 Å². The monoisotopic (exact) mass is 229 g/mol. The van der Waals surface area contributed by atoms with Crippen LogP contribution in [0.5, 0.6) is 0 Å². The van der Waals surface area contributed by atoms with Gasteiger partial charge < -0.3 is 10.1 Å². The van der Waals surface area contributed by atoms with Crippen molar-refractivity contribution in [1.29, 1.82) is 0 Å². The number of rotatable bonds is 8. The summed E-state index contributed by atoms with van der Waals surface area (Å²) >= 11 is 0. The van der Waals surface area contributed by atoms with E-state index >= 15 is 0 Å². The van der Waals surface area contributed by atoms with Crippen LogP contribution in [0, 0.1) is 11.3 Å². The molecule has 1 N–H and O–H groups in total. The Morgan fingerprint density at radius 1 is 1.19 bits per heavy atom. The van der Waals surface area contributed by atoms with Gasteiger partial charge in [0.15, 0.2) is 0 Å². The van der Waals surface area contributed by atoms with Gasteiger partial charge in [-0.3, -0.25) is 0 Å². The van der Waals surface area contributed by atoms with Gasteiger partial charge in [-0.15, -0.1) is 0 Å². The van der Waals surface area contributed by atoms with Crippen LogP contribution in [0.15, 0.2) is 0 Å². The summed E-state index contributed by atoms with van der Waals surface area (Å²) in [6, 6.07) is 0.508. The second kappa shape index (κ2) is 8.08. The second-order valence-electron chi connectivity index (χ2n) is 5.81. The summed E-state index contributed by atoms with van der Waals surface area (Å²) in [5.74, 6) is 0.710. The quantitative estimate of drug-likeness (QED) is 0.688. The number of ether oxygens (including phenoxy) is 1. The van der Waals surface area contributed by atoms with E-state index in [1.165, 1.54) is 12.8 Å². The number of hydrogen-bond acceptors (Lipinski definition) is 2. The number of hydrogen-bond donors (Lipinski definition) is 1. The summed E-state index contributed by atoms with van der Waals surface area (Å²) in [4.78, 5) is 0. The van der Waals surface area contributed by atoms with Gasteiger partial charge in [0, 0.05) is 12.6 Å². The first kappa shape index (κ1) is 15.9. The van der Waals surface area contributed by atoms with Crippen molar-refractivity contribution >= 4 is 0 Å². The summed E-state index contributed by atoms with van der Waals surface area (Å²) in [6.07, 6.45) is 2.38. The van der Waals surface area contributed by atoms with Crippen molar-refractivity contribution in [2.24, 2.45) is 11.3 Å². The van der Waals surface area contributed by atoms with Crippen LogP contribution in [0.1, 0.15) is 54.4 Å². The van der Waals surface area contributed by atoms with Crippen molar-refractivity contribution in [1.82, 2.24) is 5.32 Å². The van der Waals surface area contributed by atoms with Gasteiger partial charge in [-0.05, 0) is 37.6 Å². The maximum absolute atomic E-state index is 5.54. The van der Waals surface area contributed by atoms with Crippen molar-refractivity contribution in [3.8, 4) is 0 Å². The molecule has 0 aromatic rings. The molecule has 2 unspecified atom stereocenters. The highest BCUT2D eigenvalue weighted by Gasteiger charge is 2.23. The molecule has 0 aromatic heterocycles. The third kappa shape index (κ3) is 7.24. The Kier molecular flexibility index (Phi) is 8.04. The first-order valence-electron chi connectivity index (χ1n) is 6.72. The molecule has 0 radical (unpaired) electrons. The highest BCUT2D eigenvalue weighted by molar-refractivity contribution is 4.77. The van der Waals surface area contributed by atoms with E-state index in [1.807, 2.05) is 0 Å². The molecule has 2 atom stereocenters. The largest absolute Gasteiger partial charge is 0.380 e. The highest BCUT2D eigenvalue weighted by Crippen LogP contribution is 2.29. The lowest BCUT2D eigenvalue weighted by atomic mass is 9.78. The molecule has 0 aromatic carbocycles. The van der Waals surface area contributed by atoms with Gasteiger partial charge in [-0.25, -0.2) is 0 Å². The first-order chi connectivity index (χ1) is 7.41. The van der Waals surface area contributed by atoms with Crippen LogP contribution in [0.2, 0.25) is 0 Å². The van der Waals surface area contributed by atoms with Crippen molar-refractivity contribution in [3.63, 3.8) is 0 Å². The maximum Gasteiger partial charge on any atom is 0.0619 e. The summed E-state index contributed by atoms with van der Waals surface area (Å²) in [6.45, 7) is 16.3. The Bertz CT molecular complexity index is 155. The average Bonchev–Trinajstić information content (AvgIpc) is 2.20. The molecular weight excluding hydrogens is 198 g/mol. The fraction of sp³-hybridized carbons (Fsp3) is 1.00. The van der Waals surface area contributed by atoms with E-state index in [9.17, 15) is 0 Å². The molecule has 0 saturated carbocycles. The van der Waals surface area contributed by atoms with E-state index in [-0.39, 0.29) is 0 Å². The zero-order valence-electron chi connectivity index (χ0n) is 12.1. The summed E-state index contributed by atoms with van der Waals surface area (Å²) in [7, 11) is 0. The van der Waals surface area contributed by atoms with Gasteiger partial charge in [0.1, 0.15) is 0 Å². The van der Waals surface area contributed by atoms with Gasteiger partial charge in [0.2, 0.25) is 0 Å². The standard InChI is InChI=1S/C14H31NO/c1-7-9-15-13(11-16-8-2)10-12(3)14(4,5)6/h12-13,15H,7-11H2,1-6H3. The van der Waals surface area contributed by atoms with Gasteiger partial charge in [0.25, 0.3) is 0 Å². The molecule has 0 rings (SSSR count). The van der Waals surface area contributed by atoms with Crippen LogP contribution in [-0.2, 0) is 4.74 Å². The van der Waals surface area contributed by atoms with E-state index < -0.39 is 0 Å². The van der Waals surface area contributed by atoms with Gasteiger partial charge in [-0.2, -0.15) is 0 Å². The lowest BCUT2D eigenvalue weighted by molar-refractivity contribution is 0.104. The van der Waals surface area contributed by atoms with Crippen molar-refractivity contribution in [2.75, 3.05) is 19.8 Å². The van der Waals surface area contributed by atoms with E-state index in [2.05, 4.69) is 46.9 Å². The van der Waals surface area contributed by atoms with Crippen LogP contribution < -0.4 is 5.32 Å². The normalized spacial score (nSPS) is 16.1. The Morgan fingerprint density at radius 2 is 1.81 bits per heavy atom. The Morgan fingerprint density at radius 3 is 2.25 bits per heavy atom. The Hall–Kier alpha value is -0.0800. The lowest BCUT2D eigenvalue weighted by Gasteiger charge is -2.31. The highest BCUT2D eigenvalue weighted by atomic mass is 16.5. The molecule has 0 bridgehead atoms. The minimum atomic E-state index is 0.387. The molecule has 0 amide bonds. The van der Waals surface area contributed by atoms with Crippen LogP contribution >= 0.6 is 0 Å². The molecular formula is C14H31NO. The van der Waals surface area contributed by atoms with Crippen molar-refractivity contribution in [2.45, 2.75) is 60.4 Å². The molecule has 0 spiro atoms. The van der Waals surface area contributed by atoms with E-state index in [1.54, 1.807) is 0 Å². The van der Waals surface area contributed by atoms with Gasteiger partial charge in [0.05, 0.1) is 6.61 Å². The van der Waals surface area contributed by atoms with Crippen LogP contribution in [0.25, 0.3) is 0 Å². The zero-order chi connectivity index (χ0) is 12.6. The summed E-state index contributed by atoms with van der Waals surface area (Å²) in [5.41, 5.74) is 0.387. The third-order valence-corrected chi connectivity index (χ3v) is 3.32. The van der Waals surface area contributed by atoms with Crippen molar-refractivity contribution in [3.05, 3.63) is 0 Å². The minimum absolute atomic E-state index is 0.387. The Balaban J connectivity index is 4.07. The fourth-order valence-corrected chi connectivity index (χ4v) is 1.60. The zero-order valence-corrected chi connectivity index (χ0v) is 12.1. The lowest BCUT2D eigenvalue weighted by Crippen LogP contribution is -2.37. The number of nitrogens with one attached hydrogen (secondary N) is 1. The molecule has 0 aliphatic rings. The molecule has 98 valence electrons. The first-order valence-corrected chi connectivity index (χ1v) is 6.72. The van der Waals surface area contributed by atoms with Crippen LogP contribution in [0.4, 0.5) is 0 Å². The smallest absolute Gasteiger partial charge is 0.0619 e. The van der Waals surface area contributed by atoms with Gasteiger partial charge >= 0.3 is 0 Å². The molecule has 0 saturated heterocycles. The van der Waals surface area contributed by atoms with E-state index in [0.29, 0.717) is 17.4 Å². The predicted octanol–water partition coefficient (Wildman–Crippen LogP) is 3.46. The molecule has 16 heavy (non-hydrogen) atoms. The summed E-state index contributed by atoms with van der Waals surface area (Å²) < 4.78 is 5.54. The molecule has 0 heterocycles. The van der Waals surface area contributed by atoms with E-state index in [4.69, 9.17) is 4.74 Å². The molecule has 0 fully saturated rings. The predicted molar refractivity (Wildman–Crippen MR) is 71.8 cm³/mol. The maximum atomic E-state index is 5.54. The SMILES string of the molecule is CCCNC(COCC)CC(C)C(C)(C)C. The van der Waals surface area contributed by atoms with Gasteiger partial charge in [-0.1, -0.05) is 34.6 Å². The Labute approximate surface area is 102 Å². The minimum Gasteiger partial charge on any atom is -0.380 e. The second-order valence-corrected chi connectivity index (χ2v) is 5.81. The van der Waals surface area contributed by atoms with Crippen molar-refractivity contribution < 1.29 is 4.74 Å². The molecule has 2 heteroatoms. The van der Waals surface area contributed by atoms with Crippen LogP contribution in [0.3, 0.4) is 0 Å². The fourth-order valence-electron chi connectivity index (χ4n) is 1.60. The van der Waals surface area contributed by atoms with E-state index in [0.717, 1.165) is 19.8 Å². The third-order valence-electron chi connectivity index (χ3n) is 3.32. The average molecular weight is 229 g/mol. The summed E-state index contributed by atoms with van der Waals surface area (Å²) in [5, 5.41) is 3.58. The molecule has 2 nitrogen and oxygen atoms in total. The van der Waals surface area contributed by atoms with Crippen LogP contribution in [-0.4, -0.2) is 25.8 Å². The molecule has 0 aliphatic carbocycles.